The number of carbonyl (C=O) groups is 1. The monoisotopic (exact) mass is 480 g/mol. The minimum absolute atomic E-state index is 0.210. The highest BCUT2D eigenvalue weighted by molar-refractivity contribution is 7.13. The molecular formula is C23H28N8O2S. The molecule has 1 saturated heterocycles. The Hall–Kier alpha value is -3.05. The van der Waals surface area contributed by atoms with Gasteiger partial charge in [-0.1, -0.05) is 12.8 Å². The van der Waals surface area contributed by atoms with Gasteiger partial charge in [0.25, 0.3) is 0 Å². The number of amides is 1. The van der Waals surface area contributed by atoms with Gasteiger partial charge in [0, 0.05) is 47.8 Å². The molecular weight excluding hydrogens is 452 g/mol. The Kier molecular flexibility index (Phi) is 5.66. The van der Waals surface area contributed by atoms with Crippen LogP contribution in [0.15, 0.2) is 17.6 Å². The SMILES string of the molecule is O=C(Nc1nccs1)[C@H]1C[C@@H](O)CN1c1nc2c(c(Nc3cc(C4CCCC4)[nH]n3)n1)CCC2. The van der Waals surface area contributed by atoms with Crippen LogP contribution in [0.1, 0.15) is 61.4 Å². The van der Waals surface area contributed by atoms with Crippen LogP contribution < -0.4 is 15.5 Å². The number of aliphatic hydroxyl groups is 1. The van der Waals surface area contributed by atoms with Gasteiger partial charge in [0.1, 0.15) is 11.9 Å². The molecule has 3 aromatic heterocycles. The van der Waals surface area contributed by atoms with Gasteiger partial charge in [0.05, 0.1) is 11.8 Å². The van der Waals surface area contributed by atoms with Crippen LogP contribution in [0.2, 0.25) is 0 Å². The molecule has 0 aromatic carbocycles. The topological polar surface area (TPSA) is 132 Å². The van der Waals surface area contributed by atoms with Crippen LogP contribution >= 0.6 is 11.3 Å². The third-order valence-electron chi connectivity index (χ3n) is 7.06. The van der Waals surface area contributed by atoms with Crippen LogP contribution in [0.3, 0.4) is 0 Å². The molecule has 0 bridgehead atoms. The largest absolute Gasteiger partial charge is 0.391 e. The summed E-state index contributed by atoms with van der Waals surface area (Å²) in [5.41, 5.74) is 3.28. The molecule has 3 aliphatic rings. The van der Waals surface area contributed by atoms with Crippen molar-refractivity contribution in [1.82, 2.24) is 25.1 Å². The highest BCUT2D eigenvalue weighted by Gasteiger charge is 2.38. The first-order valence-electron chi connectivity index (χ1n) is 12.0. The molecule has 178 valence electrons. The molecule has 2 aliphatic carbocycles. The average molecular weight is 481 g/mol. The van der Waals surface area contributed by atoms with Crippen LogP contribution in [0.4, 0.5) is 22.7 Å². The predicted octanol–water partition coefficient (Wildman–Crippen LogP) is 3.12. The molecule has 0 spiro atoms. The van der Waals surface area contributed by atoms with Gasteiger partial charge in [-0.25, -0.2) is 9.97 Å². The van der Waals surface area contributed by atoms with Crippen molar-refractivity contribution in [2.75, 3.05) is 22.1 Å². The van der Waals surface area contributed by atoms with Gasteiger partial charge >= 0.3 is 0 Å². The van der Waals surface area contributed by atoms with Crippen molar-refractivity contribution in [2.45, 2.75) is 69.4 Å². The number of H-pyrrole nitrogens is 1. The Bertz CT molecular complexity index is 1170. The number of hydrogen-bond donors (Lipinski definition) is 4. The number of aromatic amines is 1. The number of aromatic nitrogens is 5. The fraction of sp³-hybridized carbons (Fsp3) is 0.522. The number of β-amino-alcohol motifs (C(OH)–C–C–N with tert-alkyl or cyclic N) is 1. The van der Waals surface area contributed by atoms with Gasteiger partial charge in [-0.2, -0.15) is 10.1 Å². The maximum absolute atomic E-state index is 13.0. The third kappa shape index (κ3) is 4.14. The number of nitrogens with zero attached hydrogens (tertiary/aromatic N) is 5. The van der Waals surface area contributed by atoms with Gasteiger partial charge in [-0.05, 0) is 32.1 Å². The molecule has 6 rings (SSSR count). The zero-order valence-electron chi connectivity index (χ0n) is 18.8. The summed E-state index contributed by atoms with van der Waals surface area (Å²) in [5, 5.41) is 26.7. The highest BCUT2D eigenvalue weighted by Crippen LogP contribution is 2.36. The van der Waals surface area contributed by atoms with Crippen molar-refractivity contribution < 1.29 is 9.90 Å². The Morgan fingerprint density at radius 3 is 2.91 bits per heavy atom. The normalized spacial score (nSPS) is 22.3. The predicted molar refractivity (Wildman–Crippen MR) is 130 cm³/mol. The lowest BCUT2D eigenvalue weighted by Gasteiger charge is -2.24. The first-order valence-corrected chi connectivity index (χ1v) is 12.9. The second kappa shape index (κ2) is 8.95. The zero-order valence-corrected chi connectivity index (χ0v) is 19.6. The lowest BCUT2D eigenvalue weighted by Crippen LogP contribution is -2.40. The summed E-state index contributed by atoms with van der Waals surface area (Å²) >= 11 is 1.36. The molecule has 10 nitrogen and oxygen atoms in total. The minimum atomic E-state index is -0.624. The fourth-order valence-electron chi connectivity index (χ4n) is 5.38. The standard InChI is InChI=1S/C23H28N8O2S/c32-14-10-18(21(33)28-23-24-8-9-34-23)31(12-14)22-25-16-7-3-6-15(16)20(27-22)26-19-11-17(29-30-19)13-4-1-2-5-13/h8-9,11,13-14,18,32H,1-7,10,12H2,(H,24,28,33)(H2,25,26,27,29,30)/t14-,18-/m1/s1. The average Bonchev–Trinajstić information content (AvgIpc) is 3.64. The lowest BCUT2D eigenvalue weighted by atomic mass is 10.0. The van der Waals surface area contributed by atoms with Crippen LogP contribution in [0.5, 0.6) is 0 Å². The van der Waals surface area contributed by atoms with Crippen molar-refractivity contribution in [3.05, 3.63) is 34.6 Å². The van der Waals surface area contributed by atoms with Gasteiger partial charge < -0.3 is 20.6 Å². The van der Waals surface area contributed by atoms with Gasteiger partial charge in [-0.15, -0.1) is 11.3 Å². The number of carbonyl (C=O) groups excluding carboxylic acids is 1. The number of thiazole rings is 1. The number of aliphatic hydroxyl groups excluding tert-OH is 1. The summed E-state index contributed by atoms with van der Waals surface area (Å²) in [5.74, 6) is 2.30. The van der Waals surface area contributed by atoms with Crippen LogP contribution in [0.25, 0.3) is 0 Å². The first-order chi connectivity index (χ1) is 16.6. The van der Waals surface area contributed by atoms with E-state index in [1.807, 2.05) is 10.3 Å². The van der Waals surface area contributed by atoms with Crippen LogP contribution in [-0.2, 0) is 17.6 Å². The maximum atomic E-state index is 13.0. The molecule has 34 heavy (non-hydrogen) atoms. The van der Waals surface area contributed by atoms with Crippen molar-refractivity contribution in [1.29, 1.82) is 0 Å². The summed E-state index contributed by atoms with van der Waals surface area (Å²) in [6.45, 7) is 0.308. The maximum Gasteiger partial charge on any atom is 0.249 e. The van der Waals surface area contributed by atoms with Crippen molar-refractivity contribution in [3.8, 4) is 0 Å². The van der Waals surface area contributed by atoms with E-state index in [9.17, 15) is 9.90 Å². The molecule has 1 amide bonds. The van der Waals surface area contributed by atoms with Crippen LogP contribution in [-0.4, -0.2) is 54.9 Å². The number of nitrogens with one attached hydrogen (secondary N) is 3. The summed E-state index contributed by atoms with van der Waals surface area (Å²) in [6, 6.07) is 1.52. The Morgan fingerprint density at radius 2 is 2.09 bits per heavy atom. The van der Waals surface area contributed by atoms with E-state index in [1.54, 1.807) is 6.20 Å². The van der Waals surface area contributed by atoms with E-state index in [-0.39, 0.29) is 5.91 Å². The number of rotatable bonds is 6. The molecule has 1 aliphatic heterocycles. The van der Waals surface area contributed by atoms with E-state index >= 15 is 0 Å². The summed E-state index contributed by atoms with van der Waals surface area (Å²) in [7, 11) is 0. The second-order valence-electron chi connectivity index (χ2n) is 9.35. The van der Waals surface area contributed by atoms with Crippen molar-refractivity contribution in [3.63, 3.8) is 0 Å². The highest BCUT2D eigenvalue weighted by atomic mass is 32.1. The van der Waals surface area contributed by atoms with E-state index in [0.717, 1.165) is 42.2 Å². The fourth-order valence-corrected chi connectivity index (χ4v) is 5.91. The lowest BCUT2D eigenvalue weighted by molar-refractivity contribution is -0.117. The van der Waals surface area contributed by atoms with Crippen LogP contribution in [0, 0.1) is 0 Å². The number of anilines is 4. The summed E-state index contributed by atoms with van der Waals surface area (Å²) in [6.07, 6.45) is 9.11. The van der Waals surface area contributed by atoms with Gasteiger partial charge in [0.15, 0.2) is 10.9 Å². The zero-order chi connectivity index (χ0) is 23.1. The first kappa shape index (κ1) is 21.5. The molecule has 4 heterocycles. The third-order valence-corrected chi connectivity index (χ3v) is 7.75. The number of hydrogen-bond acceptors (Lipinski definition) is 9. The van der Waals surface area contributed by atoms with Crippen molar-refractivity contribution >= 4 is 40.0 Å². The molecule has 1 saturated carbocycles. The molecule has 0 radical (unpaired) electrons. The summed E-state index contributed by atoms with van der Waals surface area (Å²) < 4.78 is 0. The van der Waals surface area contributed by atoms with Gasteiger partial charge in [0.2, 0.25) is 11.9 Å². The number of aryl methyl sites for hydroxylation is 1. The molecule has 4 N–H and O–H groups in total. The quantitative estimate of drug-likeness (QED) is 0.423. The van der Waals surface area contributed by atoms with E-state index < -0.39 is 12.1 Å². The number of fused-ring (bicyclic) bond motifs is 1. The van der Waals surface area contributed by atoms with E-state index in [1.165, 1.54) is 42.7 Å². The van der Waals surface area contributed by atoms with E-state index in [2.05, 4.69) is 31.9 Å². The molecule has 3 aromatic rings. The smallest absolute Gasteiger partial charge is 0.249 e. The van der Waals surface area contributed by atoms with E-state index in [0.29, 0.717) is 30.0 Å². The Labute approximate surface area is 201 Å². The molecule has 11 heteroatoms. The minimum Gasteiger partial charge on any atom is -0.391 e. The molecule has 2 atom stereocenters. The molecule has 2 fully saturated rings. The second-order valence-corrected chi connectivity index (χ2v) is 10.2. The summed E-state index contributed by atoms with van der Waals surface area (Å²) in [4.78, 5) is 28.6. The Balaban J connectivity index is 1.27. The Morgan fingerprint density at radius 1 is 1.21 bits per heavy atom. The van der Waals surface area contributed by atoms with E-state index in [4.69, 9.17) is 9.97 Å². The molecule has 0 unspecified atom stereocenters. The van der Waals surface area contributed by atoms with Crippen molar-refractivity contribution in [2.24, 2.45) is 0 Å². The van der Waals surface area contributed by atoms with Gasteiger partial charge in [-0.3, -0.25) is 9.89 Å².